The van der Waals surface area contributed by atoms with Gasteiger partial charge in [-0.15, -0.1) is 0 Å². The zero-order chi connectivity index (χ0) is 13.0. The van der Waals surface area contributed by atoms with Crippen molar-refractivity contribution in [1.82, 2.24) is 5.32 Å². The molecule has 0 aliphatic heterocycles. The Labute approximate surface area is 95.6 Å². The summed E-state index contributed by atoms with van der Waals surface area (Å²) < 4.78 is 25.9. The molecule has 0 saturated carbocycles. The molecule has 1 N–H and O–H groups in total. The van der Waals surface area contributed by atoms with Gasteiger partial charge in [-0.05, 0) is 24.6 Å². The molecule has 0 bridgehead atoms. The Morgan fingerprint density at radius 1 is 1.29 bits per heavy atom. The van der Waals surface area contributed by atoms with Gasteiger partial charge in [-0.1, -0.05) is 0 Å². The van der Waals surface area contributed by atoms with E-state index in [2.05, 4.69) is 5.32 Å². The standard InChI is InChI=1S/C11H9F2NO3/c1-6(16)8-3-10(13)9(12)2-7(8)4-14-11(17)5-15/h2-3,5H,4H2,1H3,(H,14,17). The van der Waals surface area contributed by atoms with E-state index in [4.69, 9.17) is 0 Å². The SMILES string of the molecule is CC(=O)c1cc(F)c(F)cc1CNC(=O)C=O. The maximum Gasteiger partial charge on any atom is 0.284 e. The summed E-state index contributed by atoms with van der Waals surface area (Å²) in [5, 5.41) is 2.14. The number of rotatable bonds is 4. The summed E-state index contributed by atoms with van der Waals surface area (Å²) in [6.45, 7) is 0.974. The number of hydrogen-bond donors (Lipinski definition) is 1. The number of aldehydes is 1. The summed E-state index contributed by atoms with van der Waals surface area (Å²) in [6, 6.07) is 1.58. The van der Waals surface area contributed by atoms with Crippen LogP contribution in [0.5, 0.6) is 0 Å². The van der Waals surface area contributed by atoms with Gasteiger partial charge in [0.05, 0.1) is 0 Å². The monoisotopic (exact) mass is 241 g/mol. The van der Waals surface area contributed by atoms with Crippen molar-refractivity contribution in [3.8, 4) is 0 Å². The topological polar surface area (TPSA) is 63.2 Å². The minimum Gasteiger partial charge on any atom is -0.346 e. The highest BCUT2D eigenvalue weighted by molar-refractivity contribution is 6.23. The van der Waals surface area contributed by atoms with E-state index in [1.165, 1.54) is 6.92 Å². The van der Waals surface area contributed by atoms with Gasteiger partial charge >= 0.3 is 0 Å². The second-order valence-electron chi connectivity index (χ2n) is 3.32. The molecule has 0 radical (unpaired) electrons. The molecule has 0 atom stereocenters. The average molecular weight is 241 g/mol. The number of halogens is 2. The summed E-state index contributed by atoms with van der Waals surface area (Å²) in [5.41, 5.74) is 0.0849. The second kappa shape index (κ2) is 5.29. The number of Topliss-reactive ketones (excluding diaryl/α,β-unsaturated/α-hetero) is 1. The Hall–Kier alpha value is -2.11. The highest BCUT2D eigenvalue weighted by atomic mass is 19.2. The third kappa shape index (κ3) is 3.17. The largest absolute Gasteiger partial charge is 0.346 e. The van der Waals surface area contributed by atoms with Crippen molar-refractivity contribution in [2.24, 2.45) is 0 Å². The third-order valence-corrected chi connectivity index (χ3v) is 2.09. The maximum atomic E-state index is 13.0. The lowest BCUT2D eigenvalue weighted by Gasteiger charge is -2.08. The fraction of sp³-hybridized carbons (Fsp3) is 0.182. The lowest BCUT2D eigenvalue weighted by atomic mass is 10.0. The van der Waals surface area contributed by atoms with Crippen molar-refractivity contribution >= 4 is 18.0 Å². The van der Waals surface area contributed by atoms with Crippen LogP contribution < -0.4 is 5.32 Å². The van der Waals surface area contributed by atoms with E-state index in [0.717, 1.165) is 12.1 Å². The van der Waals surface area contributed by atoms with E-state index in [1.54, 1.807) is 0 Å². The van der Waals surface area contributed by atoms with Gasteiger partial charge in [-0.3, -0.25) is 14.4 Å². The molecular weight excluding hydrogens is 232 g/mol. The molecule has 1 amide bonds. The number of hydrogen-bond acceptors (Lipinski definition) is 3. The summed E-state index contributed by atoms with van der Waals surface area (Å²) in [6.07, 6.45) is 0.0489. The first-order valence-electron chi connectivity index (χ1n) is 4.67. The minimum absolute atomic E-state index is 0.0323. The number of ketones is 1. The fourth-order valence-electron chi connectivity index (χ4n) is 1.29. The summed E-state index contributed by atoms with van der Waals surface area (Å²) in [4.78, 5) is 31.9. The highest BCUT2D eigenvalue weighted by Gasteiger charge is 2.13. The van der Waals surface area contributed by atoms with Crippen molar-refractivity contribution in [2.75, 3.05) is 0 Å². The predicted octanol–water partition coefficient (Wildman–Crippen LogP) is 0.982. The van der Waals surface area contributed by atoms with Crippen LogP contribution in [-0.2, 0) is 16.1 Å². The van der Waals surface area contributed by atoms with E-state index in [9.17, 15) is 23.2 Å². The van der Waals surface area contributed by atoms with E-state index >= 15 is 0 Å². The third-order valence-electron chi connectivity index (χ3n) is 2.09. The van der Waals surface area contributed by atoms with Gasteiger partial charge in [0.2, 0.25) is 6.29 Å². The van der Waals surface area contributed by atoms with Crippen LogP contribution in [0.4, 0.5) is 8.78 Å². The van der Waals surface area contributed by atoms with Crippen LogP contribution in [0.2, 0.25) is 0 Å². The number of nitrogens with one attached hydrogen (secondary N) is 1. The van der Waals surface area contributed by atoms with Crippen LogP contribution in [0.1, 0.15) is 22.8 Å². The molecular formula is C11H9F2NO3. The second-order valence-corrected chi connectivity index (χ2v) is 3.32. The van der Waals surface area contributed by atoms with Crippen molar-refractivity contribution in [3.05, 3.63) is 34.9 Å². The van der Waals surface area contributed by atoms with Crippen LogP contribution in [0.15, 0.2) is 12.1 Å². The fourth-order valence-corrected chi connectivity index (χ4v) is 1.29. The highest BCUT2D eigenvalue weighted by Crippen LogP contribution is 2.15. The Bertz CT molecular complexity index is 486. The molecule has 17 heavy (non-hydrogen) atoms. The van der Waals surface area contributed by atoms with Crippen molar-refractivity contribution in [3.63, 3.8) is 0 Å². The molecule has 4 nitrogen and oxygen atoms in total. The Balaban J connectivity index is 3.04. The smallest absolute Gasteiger partial charge is 0.284 e. The van der Waals surface area contributed by atoms with Gasteiger partial charge in [0.15, 0.2) is 17.4 Å². The van der Waals surface area contributed by atoms with Crippen LogP contribution in [0.3, 0.4) is 0 Å². The van der Waals surface area contributed by atoms with Crippen molar-refractivity contribution in [1.29, 1.82) is 0 Å². The van der Waals surface area contributed by atoms with Gasteiger partial charge in [-0.2, -0.15) is 0 Å². The molecule has 1 rings (SSSR count). The Morgan fingerprint density at radius 2 is 1.88 bits per heavy atom. The van der Waals surface area contributed by atoms with Crippen LogP contribution in [-0.4, -0.2) is 18.0 Å². The Kier molecular flexibility index (Phi) is 4.03. The number of benzene rings is 1. The van der Waals surface area contributed by atoms with Gasteiger partial charge in [-0.25, -0.2) is 8.78 Å². The molecule has 90 valence electrons. The Morgan fingerprint density at radius 3 is 2.41 bits per heavy atom. The van der Waals surface area contributed by atoms with Crippen LogP contribution in [0.25, 0.3) is 0 Å². The molecule has 0 saturated heterocycles. The first-order valence-corrected chi connectivity index (χ1v) is 4.67. The minimum atomic E-state index is -1.14. The maximum absolute atomic E-state index is 13.0. The van der Waals surface area contributed by atoms with Gasteiger partial charge in [0, 0.05) is 12.1 Å². The van der Waals surface area contributed by atoms with Crippen molar-refractivity contribution < 1.29 is 23.2 Å². The van der Waals surface area contributed by atoms with Crippen molar-refractivity contribution in [2.45, 2.75) is 13.5 Å². The molecule has 0 unspecified atom stereocenters. The molecule has 1 aromatic rings. The number of carbonyl (C=O) groups is 3. The molecule has 0 fully saturated rings. The van der Waals surface area contributed by atoms with Gasteiger partial charge < -0.3 is 5.32 Å². The van der Waals surface area contributed by atoms with Gasteiger partial charge in [0.25, 0.3) is 5.91 Å². The average Bonchev–Trinajstić information content (AvgIpc) is 2.29. The number of carbonyl (C=O) groups excluding carboxylic acids is 3. The molecule has 0 aliphatic carbocycles. The summed E-state index contributed by atoms with van der Waals surface area (Å²) in [5.74, 6) is -3.62. The first kappa shape index (κ1) is 13.0. The first-order chi connectivity index (χ1) is 7.95. The summed E-state index contributed by atoms with van der Waals surface area (Å²) >= 11 is 0. The van der Waals surface area contributed by atoms with E-state index in [0.29, 0.717) is 0 Å². The van der Waals surface area contributed by atoms with E-state index < -0.39 is 23.3 Å². The zero-order valence-electron chi connectivity index (χ0n) is 8.92. The molecule has 1 aromatic carbocycles. The van der Waals surface area contributed by atoms with Crippen LogP contribution >= 0.6 is 0 Å². The quantitative estimate of drug-likeness (QED) is 0.485. The lowest BCUT2D eigenvalue weighted by molar-refractivity contribution is -0.131. The molecule has 0 spiro atoms. The predicted molar refractivity (Wildman–Crippen MR) is 54.3 cm³/mol. The van der Waals surface area contributed by atoms with E-state index in [-0.39, 0.29) is 24.0 Å². The van der Waals surface area contributed by atoms with E-state index in [1.807, 2.05) is 0 Å². The normalized spacial score (nSPS) is 9.82. The molecule has 0 aromatic heterocycles. The molecule has 0 aliphatic rings. The molecule has 6 heteroatoms. The van der Waals surface area contributed by atoms with Gasteiger partial charge in [0.1, 0.15) is 0 Å². The lowest BCUT2D eigenvalue weighted by Crippen LogP contribution is -2.24. The zero-order valence-corrected chi connectivity index (χ0v) is 8.92. The number of amides is 1. The van der Waals surface area contributed by atoms with Crippen LogP contribution in [0, 0.1) is 11.6 Å². The molecule has 0 heterocycles. The summed E-state index contributed by atoms with van der Waals surface area (Å²) in [7, 11) is 0.